The minimum Gasteiger partial charge on any atom is -0.493 e. The molecule has 0 N–H and O–H groups in total. The van der Waals surface area contributed by atoms with Crippen molar-refractivity contribution in [3.05, 3.63) is 95.0 Å². The highest BCUT2D eigenvalue weighted by molar-refractivity contribution is 6.46. The molecule has 3 aromatic carbocycles. The van der Waals surface area contributed by atoms with Crippen molar-refractivity contribution < 1.29 is 19.1 Å². The average Bonchev–Trinajstić information content (AvgIpc) is 2.84. The fraction of sp³-hybridized carbons (Fsp3) is 0.148. The first-order valence-corrected chi connectivity index (χ1v) is 11.4. The molecule has 0 radical (unpaired) electrons. The second kappa shape index (κ2) is 10.4. The summed E-state index contributed by atoms with van der Waals surface area (Å²) in [4.78, 5) is 42.4. The van der Waals surface area contributed by atoms with Gasteiger partial charge in [0.2, 0.25) is 0 Å². The number of urea groups is 1. The number of halogens is 1. The van der Waals surface area contributed by atoms with Crippen LogP contribution in [-0.2, 0) is 9.59 Å². The second-order valence-electron chi connectivity index (χ2n) is 7.68. The molecule has 7 heteroatoms. The molecule has 1 saturated heterocycles. The van der Waals surface area contributed by atoms with Crippen molar-refractivity contribution >= 4 is 46.9 Å². The number of rotatable bonds is 7. The molecule has 172 valence electrons. The Hall–Kier alpha value is -3.90. The number of carbonyl (C=O) groups is 3. The lowest BCUT2D eigenvalue weighted by Gasteiger charge is -2.34. The molecule has 0 unspecified atom stereocenters. The fourth-order valence-corrected chi connectivity index (χ4v) is 3.77. The number of amides is 4. The fourth-order valence-electron chi connectivity index (χ4n) is 3.58. The van der Waals surface area contributed by atoms with Gasteiger partial charge < -0.3 is 4.74 Å². The Morgan fingerprint density at radius 2 is 1.38 bits per heavy atom. The van der Waals surface area contributed by atoms with E-state index in [-0.39, 0.29) is 5.57 Å². The van der Waals surface area contributed by atoms with E-state index in [1.54, 1.807) is 78.9 Å². The van der Waals surface area contributed by atoms with Crippen molar-refractivity contribution in [3.8, 4) is 5.75 Å². The van der Waals surface area contributed by atoms with E-state index in [9.17, 15) is 14.4 Å². The Morgan fingerprint density at radius 3 is 1.91 bits per heavy atom. The Morgan fingerprint density at radius 1 is 0.824 bits per heavy atom. The molecular formula is C27H23ClN2O4. The van der Waals surface area contributed by atoms with Crippen LogP contribution in [0.5, 0.6) is 5.75 Å². The normalized spacial score (nSPS) is 13.9. The molecule has 1 aliphatic heterocycles. The summed E-state index contributed by atoms with van der Waals surface area (Å²) in [5.41, 5.74) is 1.04. The standard InChI is InChI=1S/C27H23ClN2O4/c1-2-3-16-34-24-15-14-20(28)17-19(24)18-23-25(31)29(21-10-6-4-7-11-21)27(33)30(26(23)32)22-12-8-5-9-13-22/h4-15,17-18H,2-3,16H2,1H3. The van der Waals surface area contributed by atoms with Gasteiger partial charge in [0.25, 0.3) is 11.8 Å². The van der Waals surface area contributed by atoms with Crippen LogP contribution >= 0.6 is 11.6 Å². The first-order valence-electron chi connectivity index (χ1n) is 11.0. The highest BCUT2D eigenvalue weighted by Gasteiger charge is 2.43. The Kier molecular flexibility index (Phi) is 7.09. The van der Waals surface area contributed by atoms with Gasteiger partial charge in [-0.3, -0.25) is 9.59 Å². The molecule has 1 heterocycles. The third-order valence-corrected chi connectivity index (χ3v) is 5.54. The number of nitrogens with zero attached hydrogens (tertiary/aromatic N) is 2. The van der Waals surface area contributed by atoms with Gasteiger partial charge in [0, 0.05) is 10.6 Å². The van der Waals surface area contributed by atoms with Crippen LogP contribution in [0.3, 0.4) is 0 Å². The predicted octanol–water partition coefficient (Wildman–Crippen LogP) is 6.10. The summed E-state index contributed by atoms with van der Waals surface area (Å²) < 4.78 is 5.87. The maximum absolute atomic E-state index is 13.5. The summed E-state index contributed by atoms with van der Waals surface area (Å²) in [5, 5.41) is 0.432. The van der Waals surface area contributed by atoms with Crippen molar-refractivity contribution in [1.82, 2.24) is 0 Å². The molecule has 4 amide bonds. The number of barbiturate groups is 1. The maximum Gasteiger partial charge on any atom is 0.343 e. The van der Waals surface area contributed by atoms with Crippen molar-refractivity contribution in [2.45, 2.75) is 19.8 Å². The van der Waals surface area contributed by atoms with Gasteiger partial charge in [0.05, 0.1) is 18.0 Å². The van der Waals surface area contributed by atoms with E-state index in [2.05, 4.69) is 6.92 Å². The van der Waals surface area contributed by atoms with Gasteiger partial charge >= 0.3 is 6.03 Å². The first kappa shape index (κ1) is 23.3. The van der Waals surface area contributed by atoms with E-state index in [0.29, 0.717) is 34.3 Å². The molecular weight excluding hydrogens is 452 g/mol. The van der Waals surface area contributed by atoms with Crippen LogP contribution in [0, 0.1) is 0 Å². The Labute approximate surface area is 203 Å². The molecule has 34 heavy (non-hydrogen) atoms. The lowest BCUT2D eigenvalue weighted by atomic mass is 10.0. The van der Waals surface area contributed by atoms with Crippen molar-refractivity contribution in [2.24, 2.45) is 0 Å². The molecule has 0 saturated carbocycles. The van der Waals surface area contributed by atoms with E-state index >= 15 is 0 Å². The van der Waals surface area contributed by atoms with Crippen LogP contribution in [0.15, 0.2) is 84.4 Å². The van der Waals surface area contributed by atoms with E-state index < -0.39 is 17.8 Å². The van der Waals surface area contributed by atoms with E-state index in [1.165, 1.54) is 6.08 Å². The molecule has 0 atom stereocenters. The topological polar surface area (TPSA) is 66.9 Å². The summed E-state index contributed by atoms with van der Waals surface area (Å²) in [5.74, 6) is -0.930. The summed E-state index contributed by atoms with van der Waals surface area (Å²) >= 11 is 6.21. The third kappa shape index (κ3) is 4.72. The van der Waals surface area contributed by atoms with Crippen molar-refractivity contribution in [2.75, 3.05) is 16.4 Å². The quantitative estimate of drug-likeness (QED) is 0.235. The average molecular weight is 475 g/mol. The van der Waals surface area contributed by atoms with Gasteiger partial charge in [-0.1, -0.05) is 61.3 Å². The van der Waals surface area contributed by atoms with Crippen LogP contribution in [0.1, 0.15) is 25.3 Å². The number of anilines is 2. The molecule has 6 nitrogen and oxygen atoms in total. The van der Waals surface area contributed by atoms with Crippen molar-refractivity contribution in [3.63, 3.8) is 0 Å². The van der Waals surface area contributed by atoms with Gasteiger partial charge in [0.1, 0.15) is 11.3 Å². The van der Waals surface area contributed by atoms with Gasteiger partial charge in [-0.15, -0.1) is 0 Å². The molecule has 0 aliphatic carbocycles. The number of hydrogen-bond acceptors (Lipinski definition) is 4. The minimum atomic E-state index is -0.741. The minimum absolute atomic E-state index is 0.171. The number of hydrogen-bond donors (Lipinski definition) is 0. The smallest absolute Gasteiger partial charge is 0.343 e. The molecule has 0 aromatic heterocycles. The molecule has 0 bridgehead atoms. The van der Waals surface area contributed by atoms with Gasteiger partial charge in [0.15, 0.2) is 0 Å². The largest absolute Gasteiger partial charge is 0.493 e. The summed E-state index contributed by atoms with van der Waals surface area (Å²) in [7, 11) is 0. The van der Waals surface area contributed by atoms with Gasteiger partial charge in [-0.05, 0) is 55.0 Å². The maximum atomic E-state index is 13.5. The number of carbonyl (C=O) groups excluding carboxylic acids is 3. The van der Waals surface area contributed by atoms with Crippen LogP contribution in [0.4, 0.5) is 16.2 Å². The number of ether oxygens (including phenoxy) is 1. The third-order valence-electron chi connectivity index (χ3n) is 5.31. The lowest BCUT2D eigenvalue weighted by molar-refractivity contribution is -0.121. The zero-order valence-electron chi connectivity index (χ0n) is 18.6. The molecule has 4 rings (SSSR count). The zero-order chi connectivity index (χ0) is 24.1. The summed E-state index contributed by atoms with van der Waals surface area (Å²) in [6.07, 6.45) is 3.26. The van der Waals surface area contributed by atoms with Crippen LogP contribution in [-0.4, -0.2) is 24.5 Å². The first-order chi connectivity index (χ1) is 16.5. The summed E-state index contributed by atoms with van der Waals surface area (Å²) in [6.45, 7) is 2.54. The molecule has 1 aliphatic rings. The van der Waals surface area contributed by atoms with Crippen molar-refractivity contribution in [1.29, 1.82) is 0 Å². The van der Waals surface area contributed by atoms with Crippen LogP contribution < -0.4 is 14.5 Å². The monoisotopic (exact) mass is 474 g/mol. The highest BCUT2D eigenvalue weighted by Crippen LogP contribution is 2.32. The zero-order valence-corrected chi connectivity index (χ0v) is 19.4. The van der Waals surface area contributed by atoms with Gasteiger partial charge in [-0.25, -0.2) is 14.6 Å². The Bertz CT molecular complexity index is 1180. The molecule has 1 fully saturated rings. The van der Waals surface area contributed by atoms with E-state index in [4.69, 9.17) is 16.3 Å². The summed E-state index contributed by atoms with van der Waals surface area (Å²) in [6, 6.07) is 21.3. The highest BCUT2D eigenvalue weighted by atomic mass is 35.5. The second-order valence-corrected chi connectivity index (χ2v) is 8.11. The number of para-hydroxylation sites is 2. The number of unbranched alkanes of at least 4 members (excludes halogenated alkanes) is 1. The molecule has 3 aromatic rings. The Balaban J connectivity index is 1.84. The number of imide groups is 2. The van der Waals surface area contributed by atoms with E-state index in [0.717, 1.165) is 22.6 Å². The van der Waals surface area contributed by atoms with Gasteiger partial charge in [-0.2, -0.15) is 0 Å². The van der Waals surface area contributed by atoms with Crippen LogP contribution in [0.2, 0.25) is 5.02 Å². The SMILES string of the molecule is CCCCOc1ccc(Cl)cc1C=C1C(=O)N(c2ccccc2)C(=O)N(c2ccccc2)C1=O. The molecule has 0 spiro atoms. The predicted molar refractivity (Wildman–Crippen MR) is 133 cm³/mol. The van der Waals surface area contributed by atoms with E-state index in [1.807, 2.05) is 0 Å². The lowest BCUT2D eigenvalue weighted by Crippen LogP contribution is -2.57. The van der Waals surface area contributed by atoms with Crippen LogP contribution in [0.25, 0.3) is 6.08 Å². The number of benzene rings is 3.